The Balaban J connectivity index is 1.65. The van der Waals surface area contributed by atoms with Crippen LogP contribution in [0.3, 0.4) is 0 Å². The lowest BCUT2D eigenvalue weighted by molar-refractivity contribution is -0.119. The highest BCUT2D eigenvalue weighted by atomic mass is 16.5. The molecule has 3 rings (SSSR count). The van der Waals surface area contributed by atoms with E-state index in [1.165, 1.54) is 0 Å². The number of fused-ring (bicyclic) bond motifs is 1. The molecule has 0 bridgehead atoms. The molecule has 1 fully saturated rings. The third-order valence-electron chi connectivity index (χ3n) is 3.88. The van der Waals surface area contributed by atoms with Gasteiger partial charge < -0.3 is 10.1 Å². The summed E-state index contributed by atoms with van der Waals surface area (Å²) in [6.07, 6.45) is 4.97. The average Bonchev–Trinajstić information content (AvgIpc) is 2.99. The molecule has 2 aromatic heterocycles. The zero-order chi connectivity index (χ0) is 15.4. The summed E-state index contributed by atoms with van der Waals surface area (Å²) in [6, 6.07) is 3.84. The lowest BCUT2D eigenvalue weighted by Crippen LogP contribution is -2.47. The number of ether oxygens (including phenoxy) is 1. The molecule has 3 heterocycles. The maximum atomic E-state index is 12.3. The Kier molecular flexibility index (Phi) is 4.65. The molecule has 0 aromatic carbocycles. The van der Waals surface area contributed by atoms with Gasteiger partial charge in [-0.15, -0.1) is 10.2 Å². The predicted octanol–water partition coefficient (Wildman–Crippen LogP) is 1.17. The van der Waals surface area contributed by atoms with Gasteiger partial charge in [-0.05, 0) is 25.1 Å². The lowest BCUT2D eigenvalue weighted by atomic mass is 10.1. The molecule has 1 amide bonds. The Labute approximate surface area is 129 Å². The molecule has 0 aliphatic carbocycles. The highest BCUT2D eigenvalue weighted by Crippen LogP contribution is 2.16. The summed E-state index contributed by atoms with van der Waals surface area (Å²) in [5.74, 6) is -0.0206. The monoisotopic (exact) mass is 303 g/mol. The second-order valence-electron chi connectivity index (χ2n) is 5.50. The summed E-state index contributed by atoms with van der Waals surface area (Å²) >= 11 is 0. The summed E-state index contributed by atoms with van der Waals surface area (Å²) in [5.41, 5.74) is 1.34. The van der Waals surface area contributed by atoms with Crippen LogP contribution in [0.1, 0.15) is 19.8 Å². The van der Waals surface area contributed by atoms with Gasteiger partial charge in [-0.3, -0.25) is 14.1 Å². The Hall–Kier alpha value is -1.99. The standard InChI is InChI=1S/C15H21N5O2/c1-2-5-19-7-8-22-10-12(19)9-14(21)17-13-4-3-6-20-11-16-18-15(13)20/h3-4,6,11-12H,2,5,7-10H2,1H3,(H,17,21). The maximum absolute atomic E-state index is 12.3. The fraction of sp³-hybridized carbons (Fsp3) is 0.533. The molecular weight excluding hydrogens is 282 g/mol. The first-order valence-corrected chi connectivity index (χ1v) is 7.68. The molecule has 0 saturated carbocycles. The Bertz CT molecular complexity index is 640. The van der Waals surface area contributed by atoms with Crippen LogP contribution in [0.15, 0.2) is 24.7 Å². The number of nitrogens with one attached hydrogen (secondary N) is 1. The number of amides is 1. The van der Waals surface area contributed by atoms with Gasteiger partial charge in [0.2, 0.25) is 5.91 Å². The molecule has 118 valence electrons. The Morgan fingerprint density at radius 1 is 1.55 bits per heavy atom. The van der Waals surface area contributed by atoms with Crippen LogP contribution in [0.5, 0.6) is 0 Å². The first kappa shape index (κ1) is 14.9. The molecule has 1 unspecified atom stereocenters. The van der Waals surface area contributed by atoms with Gasteiger partial charge in [0, 0.05) is 25.2 Å². The van der Waals surface area contributed by atoms with Crippen LogP contribution >= 0.6 is 0 Å². The van der Waals surface area contributed by atoms with Gasteiger partial charge in [0.25, 0.3) is 0 Å². The summed E-state index contributed by atoms with van der Waals surface area (Å²) in [5, 5.41) is 10.8. The average molecular weight is 303 g/mol. The first-order valence-electron chi connectivity index (χ1n) is 7.68. The number of carbonyl (C=O) groups excluding carboxylic acids is 1. The van der Waals surface area contributed by atoms with Gasteiger partial charge in [-0.2, -0.15) is 0 Å². The minimum Gasteiger partial charge on any atom is -0.378 e. The Morgan fingerprint density at radius 2 is 2.45 bits per heavy atom. The summed E-state index contributed by atoms with van der Waals surface area (Å²) in [6.45, 7) is 5.41. The van der Waals surface area contributed by atoms with Crippen molar-refractivity contribution in [2.24, 2.45) is 0 Å². The SMILES string of the molecule is CCCN1CCOCC1CC(=O)Nc1cccn2cnnc12. The lowest BCUT2D eigenvalue weighted by Gasteiger charge is -2.35. The molecule has 1 aliphatic heterocycles. The Morgan fingerprint density at radius 3 is 3.32 bits per heavy atom. The summed E-state index contributed by atoms with van der Waals surface area (Å²) < 4.78 is 7.30. The van der Waals surface area contributed by atoms with Crippen molar-refractivity contribution in [1.29, 1.82) is 0 Å². The van der Waals surface area contributed by atoms with E-state index in [2.05, 4.69) is 27.3 Å². The van der Waals surface area contributed by atoms with E-state index in [0.717, 1.165) is 26.1 Å². The van der Waals surface area contributed by atoms with Gasteiger partial charge in [0.15, 0.2) is 5.65 Å². The van der Waals surface area contributed by atoms with Crippen LogP contribution in [-0.4, -0.2) is 57.8 Å². The summed E-state index contributed by atoms with van der Waals surface area (Å²) in [7, 11) is 0. The van der Waals surface area contributed by atoms with Crippen LogP contribution < -0.4 is 5.32 Å². The molecule has 1 aliphatic rings. The number of pyridine rings is 1. The van der Waals surface area contributed by atoms with Gasteiger partial charge in [-0.1, -0.05) is 6.92 Å². The van der Waals surface area contributed by atoms with E-state index in [4.69, 9.17) is 4.74 Å². The first-order chi connectivity index (χ1) is 10.8. The van der Waals surface area contributed by atoms with E-state index in [9.17, 15) is 4.79 Å². The number of morpholine rings is 1. The molecule has 0 spiro atoms. The van der Waals surface area contributed by atoms with E-state index in [1.54, 1.807) is 10.7 Å². The van der Waals surface area contributed by atoms with Crippen molar-refractivity contribution < 1.29 is 9.53 Å². The van der Waals surface area contributed by atoms with Crippen molar-refractivity contribution >= 4 is 17.2 Å². The quantitative estimate of drug-likeness (QED) is 0.897. The molecule has 1 saturated heterocycles. The van der Waals surface area contributed by atoms with Crippen molar-refractivity contribution in [2.45, 2.75) is 25.8 Å². The van der Waals surface area contributed by atoms with Crippen molar-refractivity contribution in [3.05, 3.63) is 24.7 Å². The zero-order valence-corrected chi connectivity index (χ0v) is 12.7. The molecule has 7 heteroatoms. The number of nitrogens with zero attached hydrogens (tertiary/aromatic N) is 4. The van der Waals surface area contributed by atoms with E-state index >= 15 is 0 Å². The topological polar surface area (TPSA) is 71.8 Å². The van der Waals surface area contributed by atoms with Crippen LogP contribution in [0.4, 0.5) is 5.69 Å². The third-order valence-corrected chi connectivity index (χ3v) is 3.88. The molecule has 22 heavy (non-hydrogen) atoms. The maximum Gasteiger partial charge on any atom is 0.226 e. The van der Waals surface area contributed by atoms with Gasteiger partial charge >= 0.3 is 0 Å². The molecule has 0 radical (unpaired) electrons. The third kappa shape index (κ3) is 3.26. The van der Waals surface area contributed by atoms with Gasteiger partial charge in [0.1, 0.15) is 6.33 Å². The minimum absolute atomic E-state index is 0.0206. The molecule has 1 atom stereocenters. The van der Waals surface area contributed by atoms with E-state index in [-0.39, 0.29) is 11.9 Å². The number of aromatic nitrogens is 3. The largest absolute Gasteiger partial charge is 0.378 e. The molecule has 1 N–H and O–H groups in total. The number of anilines is 1. The minimum atomic E-state index is -0.0206. The van der Waals surface area contributed by atoms with E-state index < -0.39 is 0 Å². The van der Waals surface area contributed by atoms with Crippen LogP contribution in [0.25, 0.3) is 5.65 Å². The van der Waals surface area contributed by atoms with Crippen LogP contribution in [0, 0.1) is 0 Å². The number of carbonyl (C=O) groups is 1. The second kappa shape index (κ2) is 6.85. The fourth-order valence-corrected chi connectivity index (χ4v) is 2.82. The number of rotatable bonds is 5. The predicted molar refractivity (Wildman–Crippen MR) is 82.7 cm³/mol. The summed E-state index contributed by atoms with van der Waals surface area (Å²) in [4.78, 5) is 14.7. The highest BCUT2D eigenvalue weighted by molar-refractivity contribution is 5.94. The van der Waals surface area contributed by atoms with E-state index in [0.29, 0.717) is 24.4 Å². The van der Waals surface area contributed by atoms with Crippen LogP contribution in [0.2, 0.25) is 0 Å². The second-order valence-corrected chi connectivity index (χ2v) is 5.50. The molecule has 2 aromatic rings. The van der Waals surface area contributed by atoms with Gasteiger partial charge in [0.05, 0.1) is 18.9 Å². The number of hydrogen-bond donors (Lipinski definition) is 1. The van der Waals surface area contributed by atoms with Crippen molar-refractivity contribution in [3.8, 4) is 0 Å². The van der Waals surface area contributed by atoms with Crippen LogP contribution in [-0.2, 0) is 9.53 Å². The molecular formula is C15H21N5O2. The van der Waals surface area contributed by atoms with Crippen molar-refractivity contribution in [1.82, 2.24) is 19.5 Å². The normalized spacial score (nSPS) is 19.4. The molecule has 7 nitrogen and oxygen atoms in total. The zero-order valence-electron chi connectivity index (χ0n) is 12.7. The number of hydrogen-bond acceptors (Lipinski definition) is 5. The smallest absolute Gasteiger partial charge is 0.226 e. The van der Waals surface area contributed by atoms with Gasteiger partial charge in [-0.25, -0.2) is 0 Å². The highest BCUT2D eigenvalue weighted by Gasteiger charge is 2.24. The van der Waals surface area contributed by atoms with E-state index in [1.807, 2.05) is 18.3 Å². The fourth-order valence-electron chi connectivity index (χ4n) is 2.82. The van der Waals surface area contributed by atoms with Crippen molar-refractivity contribution in [3.63, 3.8) is 0 Å². The van der Waals surface area contributed by atoms with Crippen molar-refractivity contribution in [2.75, 3.05) is 31.6 Å².